The minimum absolute atomic E-state index is 0.107. The minimum atomic E-state index is -0.985. The van der Waals surface area contributed by atoms with Crippen molar-refractivity contribution in [1.82, 2.24) is 14.9 Å². The van der Waals surface area contributed by atoms with Gasteiger partial charge in [-0.3, -0.25) is 14.7 Å². The zero-order valence-corrected chi connectivity index (χ0v) is 26.2. The first-order valence-corrected chi connectivity index (χ1v) is 15.6. The fraction of sp³-hybridized carbons (Fsp3) is 0.656. The first kappa shape index (κ1) is 31.8. The lowest BCUT2D eigenvalue weighted by Crippen LogP contribution is -2.46. The number of piperidine rings is 1. The van der Waals surface area contributed by atoms with Crippen LogP contribution in [0.3, 0.4) is 0 Å². The van der Waals surface area contributed by atoms with E-state index >= 15 is 4.39 Å². The highest BCUT2D eigenvalue weighted by molar-refractivity contribution is 5.76. The molecule has 232 valence electrons. The summed E-state index contributed by atoms with van der Waals surface area (Å²) in [7, 11) is 5.69. The van der Waals surface area contributed by atoms with Crippen molar-refractivity contribution in [1.29, 1.82) is 0 Å². The standard InChI is InChI=1S/C32H49FN6O3/c1-6-8-9-16-38(14-7-2)19-20-42-24-21-26(33)28(27(22-24)36(3)4)32(23-40)12-17-39(18-13-32)31-34-29-25(30(41)35-31)11-10-15-37(29)5/h21-23H,6-20H2,1-5H3,(H,34,35,41). The van der Waals surface area contributed by atoms with Crippen molar-refractivity contribution in [3.05, 3.63) is 39.4 Å². The second-order valence-corrected chi connectivity index (χ2v) is 12.1. The predicted molar refractivity (Wildman–Crippen MR) is 168 cm³/mol. The van der Waals surface area contributed by atoms with Crippen LogP contribution in [0.1, 0.15) is 69.9 Å². The number of aromatic nitrogens is 2. The highest BCUT2D eigenvalue weighted by Crippen LogP contribution is 2.42. The van der Waals surface area contributed by atoms with E-state index in [2.05, 4.69) is 23.7 Å². The van der Waals surface area contributed by atoms with Gasteiger partial charge in [0.15, 0.2) is 0 Å². The molecule has 2 aliphatic rings. The lowest BCUT2D eigenvalue weighted by atomic mass is 9.73. The summed E-state index contributed by atoms with van der Waals surface area (Å²) < 4.78 is 22.0. The molecule has 9 nitrogen and oxygen atoms in total. The van der Waals surface area contributed by atoms with Crippen LogP contribution in [0.5, 0.6) is 5.75 Å². The normalized spacial score (nSPS) is 16.5. The minimum Gasteiger partial charge on any atom is -0.492 e. The van der Waals surface area contributed by atoms with E-state index < -0.39 is 11.2 Å². The van der Waals surface area contributed by atoms with E-state index in [1.54, 1.807) is 0 Å². The number of carbonyl (C=O) groups excluding carboxylic acids is 1. The number of rotatable bonds is 14. The molecule has 1 aromatic carbocycles. The molecule has 1 saturated heterocycles. The smallest absolute Gasteiger partial charge is 0.257 e. The first-order chi connectivity index (χ1) is 20.2. The quantitative estimate of drug-likeness (QED) is 0.259. The molecule has 0 atom stereocenters. The largest absolute Gasteiger partial charge is 0.492 e. The molecule has 0 bridgehead atoms. The van der Waals surface area contributed by atoms with Crippen LogP contribution in [-0.4, -0.2) is 88.2 Å². The Morgan fingerprint density at radius 3 is 2.52 bits per heavy atom. The molecule has 2 aromatic rings. The average molecular weight is 585 g/mol. The molecule has 0 spiro atoms. The van der Waals surface area contributed by atoms with Crippen LogP contribution in [0, 0.1) is 5.82 Å². The Hall–Kier alpha value is -3.14. The number of hydrogen-bond donors (Lipinski definition) is 1. The highest BCUT2D eigenvalue weighted by Gasteiger charge is 2.41. The molecule has 2 aliphatic heterocycles. The van der Waals surface area contributed by atoms with E-state index in [1.165, 1.54) is 25.3 Å². The molecule has 0 aliphatic carbocycles. The number of halogens is 1. The number of nitrogens with zero attached hydrogens (tertiary/aromatic N) is 5. The zero-order valence-electron chi connectivity index (χ0n) is 26.2. The van der Waals surface area contributed by atoms with E-state index in [9.17, 15) is 9.59 Å². The van der Waals surface area contributed by atoms with Gasteiger partial charge in [-0.2, -0.15) is 4.98 Å². The Bertz CT molecular complexity index is 1260. The van der Waals surface area contributed by atoms with Gasteiger partial charge in [-0.15, -0.1) is 0 Å². The number of aromatic amines is 1. The summed E-state index contributed by atoms with van der Waals surface area (Å²) in [6.45, 7) is 9.53. The molecule has 0 saturated carbocycles. The van der Waals surface area contributed by atoms with E-state index in [-0.39, 0.29) is 5.56 Å². The van der Waals surface area contributed by atoms with E-state index in [0.717, 1.165) is 63.1 Å². The van der Waals surface area contributed by atoms with Crippen LogP contribution < -0.4 is 25.0 Å². The van der Waals surface area contributed by atoms with Gasteiger partial charge in [-0.25, -0.2) is 4.39 Å². The number of fused-ring (bicyclic) bond motifs is 1. The van der Waals surface area contributed by atoms with Gasteiger partial charge in [0, 0.05) is 70.7 Å². The SMILES string of the molecule is CCCCCN(CCC)CCOc1cc(F)c(C2(C=O)CCN(c3nc4c(c(=O)[nH]3)CCCN4C)CC2)c(N(C)C)c1. The molecule has 42 heavy (non-hydrogen) atoms. The second kappa shape index (κ2) is 14.4. The molecule has 4 rings (SSSR count). The maximum Gasteiger partial charge on any atom is 0.257 e. The van der Waals surface area contributed by atoms with Crippen LogP contribution in [0.4, 0.5) is 21.8 Å². The van der Waals surface area contributed by atoms with Crippen molar-refractivity contribution in [2.75, 3.05) is 81.7 Å². The molecule has 1 aromatic heterocycles. The number of carbonyl (C=O) groups is 1. The number of benzene rings is 1. The number of anilines is 3. The average Bonchev–Trinajstić information content (AvgIpc) is 2.97. The fourth-order valence-electron chi connectivity index (χ4n) is 6.33. The predicted octanol–water partition coefficient (Wildman–Crippen LogP) is 4.38. The molecule has 1 N–H and O–H groups in total. The van der Waals surface area contributed by atoms with Crippen LogP contribution in [0.25, 0.3) is 0 Å². The third-order valence-electron chi connectivity index (χ3n) is 8.76. The first-order valence-electron chi connectivity index (χ1n) is 15.6. The molecule has 0 unspecified atom stereocenters. The van der Waals surface area contributed by atoms with Crippen molar-refractivity contribution in [3.8, 4) is 5.75 Å². The van der Waals surface area contributed by atoms with Crippen LogP contribution >= 0.6 is 0 Å². The van der Waals surface area contributed by atoms with Crippen molar-refractivity contribution in [2.24, 2.45) is 0 Å². The third kappa shape index (κ3) is 7.07. The maximum absolute atomic E-state index is 15.9. The van der Waals surface area contributed by atoms with Crippen molar-refractivity contribution < 1.29 is 13.9 Å². The molecule has 10 heteroatoms. The molecule has 0 amide bonds. The fourth-order valence-corrected chi connectivity index (χ4v) is 6.33. The zero-order chi connectivity index (χ0) is 30.3. The van der Waals surface area contributed by atoms with Crippen LogP contribution in [0.2, 0.25) is 0 Å². The number of nitrogens with one attached hydrogen (secondary N) is 1. The Morgan fingerprint density at radius 2 is 1.86 bits per heavy atom. The Labute approximate surface area is 250 Å². The van der Waals surface area contributed by atoms with Gasteiger partial charge in [-0.05, 0) is 51.6 Å². The molecule has 0 radical (unpaired) electrons. The molecule has 3 heterocycles. The highest BCUT2D eigenvalue weighted by atomic mass is 19.1. The van der Waals surface area contributed by atoms with Gasteiger partial charge in [-0.1, -0.05) is 26.7 Å². The molecular formula is C32H49FN6O3. The van der Waals surface area contributed by atoms with Gasteiger partial charge >= 0.3 is 0 Å². The second-order valence-electron chi connectivity index (χ2n) is 12.1. The molecular weight excluding hydrogens is 535 g/mol. The van der Waals surface area contributed by atoms with E-state index in [1.807, 2.05) is 41.9 Å². The topological polar surface area (TPSA) is 85.0 Å². The van der Waals surface area contributed by atoms with Crippen LogP contribution in [0.15, 0.2) is 16.9 Å². The number of ether oxygens (including phenoxy) is 1. The molecule has 1 fully saturated rings. The van der Waals surface area contributed by atoms with Crippen molar-refractivity contribution in [2.45, 2.75) is 70.6 Å². The van der Waals surface area contributed by atoms with Crippen LogP contribution in [-0.2, 0) is 16.6 Å². The van der Waals surface area contributed by atoms with Gasteiger partial charge in [0.1, 0.15) is 30.3 Å². The Balaban J connectivity index is 1.50. The number of aldehydes is 1. The summed E-state index contributed by atoms with van der Waals surface area (Å²) in [6.07, 6.45) is 8.05. The summed E-state index contributed by atoms with van der Waals surface area (Å²) in [4.78, 5) is 41.5. The maximum atomic E-state index is 15.9. The lowest BCUT2D eigenvalue weighted by molar-refractivity contribution is -0.113. The summed E-state index contributed by atoms with van der Waals surface area (Å²) >= 11 is 0. The van der Waals surface area contributed by atoms with Gasteiger partial charge in [0.25, 0.3) is 5.56 Å². The number of H-pyrrole nitrogens is 1. The van der Waals surface area contributed by atoms with Crippen molar-refractivity contribution in [3.63, 3.8) is 0 Å². The summed E-state index contributed by atoms with van der Waals surface area (Å²) in [5.74, 6) is 1.29. The summed E-state index contributed by atoms with van der Waals surface area (Å²) in [6, 6.07) is 3.29. The van der Waals surface area contributed by atoms with Crippen molar-refractivity contribution >= 4 is 23.7 Å². The monoisotopic (exact) mass is 584 g/mol. The number of hydrogen-bond acceptors (Lipinski definition) is 8. The summed E-state index contributed by atoms with van der Waals surface area (Å²) in [5.41, 5.74) is 0.695. The Morgan fingerprint density at radius 1 is 1.10 bits per heavy atom. The Kier molecular flexibility index (Phi) is 10.9. The lowest BCUT2D eigenvalue weighted by Gasteiger charge is -2.40. The van der Waals surface area contributed by atoms with E-state index in [0.29, 0.717) is 55.5 Å². The van der Waals surface area contributed by atoms with Gasteiger partial charge in [0.05, 0.1) is 11.0 Å². The van der Waals surface area contributed by atoms with Gasteiger partial charge in [0.2, 0.25) is 5.95 Å². The number of unbranched alkanes of at least 4 members (excludes halogenated alkanes) is 2. The van der Waals surface area contributed by atoms with E-state index in [4.69, 9.17) is 9.72 Å². The summed E-state index contributed by atoms with van der Waals surface area (Å²) in [5, 5.41) is 0. The third-order valence-corrected chi connectivity index (χ3v) is 8.76. The van der Waals surface area contributed by atoms with Gasteiger partial charge < -0.3 is 24.2 Å².